The van der Waals surface area contributed by atoms with Crippen LogP contribution in [0.5, 0.6) is 11.6 Å². The molecule has 0 spiro atoms. The van der Waals surface area contributed by atoms with Crippen LogP contribution in [0.3, 0.4) is 0 Å². The van der Waals surface area contributed by atoms with Crippen molar-refractivity contribution in [2.75, 3.05) is 7.11 Å². The van der Waals surface area contributed by atoms with Gasteiger partial charge in [0.05, 0.1) is 13.3 Å². The minimum Gasteiger partial charge on any atom is -0.497 e. The predicted octanol–water partition coefficient (Wildman–Crippen LogP) is 1.91. The molecule has 0 saturated carbocycles. The Bertz CT molecular complexity index is 812. The Balaban J connectivity index is 1.76. The van der Waals surface area contributed by atoms with Crippen molar-refractivity contribution in [1.29, 1.82) is 0 Å². The minimum atomic E-state index is -0.290. The van der Waals surface area contributed by atoms with Gasteiger partial charge in [0.2, 0.25) is 5.88 Å². The molecule has 21 heavy (non-hydrogen) atoms. The summed E-state index contributed by atoms with van der Waals surface area (Å²) in [5, 5.41) is 0. The molecule has 106 valence electrons. The van der Waals surface area contributed by atoms with E-state index in [1.54, 1.807) is 19.2 Å². The molecule has 2 heterocycles. The van der Waals surface area contributed by atoms with Crippen LogP contribution in [0.1, 0.15) is 5.56 Å². The van der Waals surface area contributed by atoms with Gasteiger partial charge in [-0.15, -0.1) is 0 Å². The van der Waals surface area contributed by atoms with Crippen molar-refractivity contribution in [2.24, 2.45) is 0 Å². The summed E-state index contributed by atoms with van der Waals surface area (Å²) in [4.78, 5) is 22.0. The van der Waals surface area contributed by atoms with E-state index in [1.807, 2.05) is 24.3 Å². The normalized spacial score (nSPS) is 10.5. The maximum absolute atomic E-state index is 11.2. The summed E-state index contributed by atoms with van der Waals surface area (Å²) in [7, 11) is 1.62. The quantitative estimate of drug-likeness (QED) is 0.791. The van der Waals surface area contributed by atoms with Crippen LogP contribution in [0, 0.1) is 0 Å². The molecule has 3 aromatic rings. The number of pyridine rings is 1. The van der Waals surface area contributed by atoms with Crippen molar-refractivity contribution in [1.82, 2.24) is 15.0 Å². The highest BCUT2D eigenvalue weighted by atomic mass is 16.5. The number of hydrogen-bond acceptors (Lipinski definition) is 5. The number of methoxy groups -OCH3 is 1. The van der Waals surface area contributed by atoms with E-state index < -0.39 is 0 Å². The monoisotopic (exact) mass is 283 g/mol. The van der Waals surface area contributed by atoms with Gasteiger partial charge in [-0.3, -0.25) is 4.79 Å². The van der Waals surface area contributed by atoms with Crippen LogP contribution in [0.2, 0.25) is 0 Å². The second kappa shape index (κ2) is 5.62. The Morgan fingerprint density at radius 1 is 1.14 bits per heavy atom. The lowest BCUT2D eigenvalue weighted by Crippen LogP contribution is -2.06. The molecule has 0 aliphatic carbocycles. The summed E-state index contributed by atoms with van der Waals surface area (Å²) in [6, 6.07) is 11.0. The van der Waals surface area contributed by atoms with Crippen molar-refractivity contribution in [3.63, 3.8) is 0 Å². The predicted molar refractivity (Wildman–Crippen MR) is 77.5 cm³/mol. The molecular weight excluding hydrogens is 270 g/mol. The van der Waals surface area contributed by atoms with E-state index in [4.69, 9.17) is 9.47 Å². The van der Waals surface area contributed by atoms with E-state index in [-0.39, 0.29) is 5.56 Å². The Hall–Kier alpha value is -2.89. The van der Waals surface area contributed by atoms with Crippen LogP contribution in [0.25, 0.3) is 11.2 Å². The molecule has 6 nitrogen and oxygen atoms in total. The zero-order valence-electron chi connectivity index (χ0n) is 11.4. The molecule has 0 aliphatic rings. The first-order chi connectivity index (χ1) is 10.2. The first kappa shape index (κ1) is 13.1. The highest BCUT2D eigenvalue weighted by Crippen LogP contribution is 2.15. The largest absolute Gasteiger partial charge is 0.497 e. The lowest BCUT2D eigenvalue weighted by molar-refractivity contribution is 0.294. The Morgan fingerprint density at radius 3 is 2.71 bits per heavy atom. The van der Waals surface area contributed by atoms with Gasteiger partial charge < -0.3 is 14.5 Å². The molecule has 3 rings (SSSR count). The fraction of sp³-hybridized carbons (Fsp3) is 0.133. The van der Waals surface area contributed by atoms with Crippen LogP contribution in [-0.4, -0.2) is 22.1 Å². The Labute approximate surface area is 120 Å². The molecule has 0 aliphatic heterocycles. The van der Waals surface area contributed by atoms with E-state index in [0.29, 0.717) is 23.7 Å². The van der Waals surface area contributed by atoms with Crippen molar-refractivity contribution < 1.29 is 9.47 Å². The molecule has 6 heteroatoms. The maximum Gasteiger partial charge on any atom is 0.268 e. The third-order valence-corrected chi connectivity index (χ3v) is 2.96. The van der Waals surface area contributed by atoms with E-state index >= 15 is 0 Å². The number of hydrogen-bond donors (Lipinski definition) is 1. The van der Waals surface area contributed by atoms with Crippen LogP contribution >= 0.6 is 0 Å². The lowest BCUT2D eigenvalue weighted by Gasteiger charge is -2.06. The van der Waals surface area contributed by atoms with E-state index in [2.05, 4.69) is 15.0 Å². The number of fused-ring (bicyclic) bond motifs is 1. The van der Waals surface area contributed by atoms with Gasteiger partial charge in [0.15, 0.2) is 5.65 Å². The standard InChI is InChI=1S/C15H13N3O3/c1-20-11-4-2-10(3-5-11)9-21-14-7-6-12-15(18-14)17-13(19)8-16-12/h2-8H,9H2,1H3,(H,17,18,19). The first-order valence-electron chi connectivity index (χ1n) is 6.36. The number of nitrogens with one attached hydrogen (secondary N) is 1. The van der Waals surface area contributed by atoms with Gasteiger partial charge in [-0.1, -0.05) is 12.1 Å². The van der Waals surface area contributed by atoms with Crippen LogP contribution in [0.15, 0.2) is 47.4 Å². The number of aromatic amines is 1. The summed E-state index contributed by atoms with van der Waals surface area (Å²) < 4.78 is 10.7. The molecular formula is C15H13N3O3. The molecule has 0 bridgehead atoms. The maximum atomic E-state index is 11.2. The van der Waals surface area contributed by atoms with Crippen molar-refractivity contribution >= 4 is 11.2 Å². The van der Waals surface area contributed by atoms with Gasteiger partial charge in [0.1, 0.15) is 17.9 Å². The van der Waals surface area contributed by atoms with Gasteiger partial charge in [0, 0.05) is 6.07 Å². The topological polar surface area (TPSA) is 77.1 Å². The van der Waals surface area contributed by atoms with Gasteiger partial charge in [-0.2, -0.15) is 4.98 Å². The highest BCUT2D eigenvalue weighted by Gasteiger charge is 2.02. The van der Waals surface area contributed by atoms with Gasteiger partial charge in [0.25, 0.3) is 5.56 Å². The Kier molecular flexibility index (Phi) is 3.51. The number of nitrogens with zero attached hydrogens (tertiary/aromatic N) is 2. The average Bonchev–Trinajstić information content (AvgIpc) is 2.53. The number of H-pyrrole nitrogens is 1. The molecule has 0 radical (unpaired) electrons. The first-order valence-corrected chi connectivity index (χ1v) is 6.36. The molecule has 1 aromatic carbocycles. The average molecular weight is 283 g/mol. The van der Waals surface area contributed by atoms with E-state index in [1.165, 1.54) is 6.20 Å². The molecule has 0 saturated heterocycles. The van der Waals surface area contributed by atoms with E-state index in [0.717, 1.165) is 11.3 Å². The molecule has 0 fully saturated rings. The van der Waals surface area contributed by atoms with Crippen molar-refractivity contribution in [3.05, 3.63) is 58.5 Å². The van der Waals surface area contributed by atoms with Gasteiger partial charge in [-0.05, 0) is 23.8 Å². The zero-order valence-corrected chi connectivity index (χ0v) is 11.4. The summed E-state index contributed by atoms with van der Waals surface area (Å²) in [5.74, 6) is 1.23. The Morgan fingerprint density at radius 2 is 1.95 bits per heavy atom. The number of ether oxygens (including phenoxy) is 2. The third kappa shape index (κ3) is 3.00. The lowest BCUT2D eigenvalue weighted by atomic mass is 10.2. The summed E-state index contributed by atoms with van der Waals surface area (Å²) >= 11 is 0. The minimum absolute atomic E-state index is 0.290. The third-order valence-electron chi connectivity index (χ3n) is 2.96. The van der Waals surface area contributed by atoms with E-state index in [9.17, 15) is 4.79 Å². The summed E-state index contributed by atoms with van der Waals surface area (Å²) in [6.07, 6.45) is 1.22. The fourth-order valence-corrected chi connectivity index (χ4v) is 1.87. The van der Waals surface area contributed by atoms with Crippen molar-refractivity contribution in [3.8, 4) is 11.6 Å². The van der Waals surface area contributed by atoms with Crippen LogP contribution in [-0.2, 0) is 6.61 Å². The second-order valence-corrected chi connectivity index (χ2v) is 4.40. The molecule has 0 amide bonds. The molecule has 2 aromatic heterocycles. The second-order valence-electron chi connectivity index (χ2n) is 4.40. The number of aromatic nitrogens is 3. The zero-order chi connectivity index (χ0) is 14.7. The fourth-order valence-electron chi connectivity index (χ4n) is 1.87. The number of benzene rings is 1. The van der Waals surface area contributed by atoms with Crippen molar-refractivity contribution in [2.45, 2.75) is 6.61 Å². The summed E-state index contributed by atoms with van der Waals surface area (Å²) in [5.41, 5.74) is 1.74. The number of rotatable bonds is 4. The van der Waals surface area contributed by atoms with Crippen LogP contribution < -0.4 is 15.0 Å². The molecule has 0 atom stereocenters. The van der Waals surface area contributed by atoms with Gasteiger partial charge in [-0.25, -0.2) is 4.98 Å². The van der Waals surface area contributed by atoms with Gasteiger partial charge >= 0.3 is 0 Å². The smallest absolute Gasteiger partial charge is 0.268 e. The molecule has 1 N–H and O–H groups in total. The SMILES string of the molecule is COc1ccc(COc2ccc3ncc(=O)[nH]c3n2)cc1. The summed E-state index contributed by atoms with van der Waals surface area (Å²) in [6.45, 7) is 0.382. The molecule has 0 unspecified atom stereocenters. The van der Waals surface area contributed by atoms with Crippen LogP contribution in [0.4, 0.5) is 0 Å². The highest BCUT2D eigenvalue weighted by molar-refractivity contribution is 5.69.